The van der Waals surface area contributed by atoms with Crippen LogP contribution in [0.15, 0.2) is 12.2 Å². The van der Waals surface area contributed by atoms with Crippen molar-refractivity contribution in [1.82, 2.24) is 0 Å². The quantitative estimate of drug-likeness (QED) is 0.0324. The van der Waals surface area contributed by atoms with Crippen LogP contribution >= 0.6 is 0 Å². The van der Waals surface area contributed by atoms with Gasteiger partial charge >= 0.3 is 5.97 Å². The van der Waals surface area contributed by atoms with Crippen LogP contribution in [0, 0.1) is 16.7 Å². The highest BCUT2D eigenvalue weighted by Crippen LogP contribution is 2.31. The monoisotopic (exact) mass is 651 g/mol. The summed E-state index contributed by atoms with van der Waals surface area (Å²) >= 11 is 0. The second kappa shape index (κ2) is 27.0. The Kier molecular flexibility index (Phi) is 26.5. The largest absolute Gasteiger partial charge is 0.457 e. The molecule has 0 heterocycles. The number of carbonyl (C=O) groups excluding carboxylic acids is 1. The number of ether oxygens (including phenoxy) is 3. The van der Waals surface area contributed by atoms with Crippen molar-refractivity contribution in [2.24, 2.45) is 16.7 Å². The van der Waals surface area contributed by atoms with Gasteiger partial charge in [0.1, 0.15) is 6.61 Å². The number of hydrogen-bond donors (Lipinski definition) is 0. The van der Waals surface area contributed by atoms with Crippen molar-refractivity contribution in [1.29, 1.82) is 0 Å². The average Bonchev–Trinajstić information content (AvgIpc) is 2.97. The van der Waals surface area contributed by atoms with Gasteiger partial charge in [0.05, 0.1) is 13.2 Å². The van der Waals surface area contributed by atoms with Crippen molar-refractivity contribution in [3.63, 3.8) is 0 Å². The molecule has 1 atom stereocenters. The molecule has 4 heteroatoms. The first-order valence-corrected chi connectivity index (χ1v) is 19.8. The summed E-state index contributed by atoms with van der Waals surface area (Å²) in [5.74, 6) is -1.11. The van der Waals surface area contributed by atoms with E-state index in [-0.39, 0.29) is 18.5 Å². The molecule has 0 N–H and O–H groups in total. The van der Waals surface area contributed by atoms with E-state index in [1.165, 1.54) is 122 Å². The third kappa shape index (κ3) is 27.1. The second-order valence-electron chi connectivity index (χ2n) is 16.9. The predicted octanol–water partition coefficient (Wildman–Crippen LogP) is 13.6. The lowest BCUT2D eigenvalue weighted by molar-refractivity contribution is -0.284. The molecule has 0 amide bonds. The van der Waals surface area contributed by atoms with Gasteiger partial charge in [-0.1, -0.05) is 178 Å². The summed E-state index contributed by atoms with van der Waals surface area (Å²) in [5, 5.41) is 0. The summed E-state index contributed by atoms with van der Waals surface area (Å²) < 4.78 is 19.1. The lowest BCUT2D eigenvalue weighted by atomic mass is 9.89. The van der Waals surface area contributed by atoms with Crippen LogP contribution in [0.5, 0.6) is 0 Å². The highest BCUT2D eigenvalue weighted by molar-refractivity contribution is 5.86. The molecule has 0 aromatic carbocycles. The van der Waals surface area contributed by atoms with Crippen LogP contribution in [-0.2, 0) is 19.0 Å². The molecular weight excluding hydrogens is 568 g/mol. The maximum absolute atomic E-state index is 12.5. The second-order valence-corrected chi connectivity index (χ2v) is 16.9. The van der Waals surface area contributed by atoms with Gasteiger partial charge < -0.3 is 14.2 Å². The molecule has 4 nitrogen and oxygen atoms in total. The molecule has 0 saturated heterocycles. The fourth-order valence-corrected chi connectivity index (χ4v) is 6.06. The van der Waals surface area contributed by atoms with Gasteiger partial charge in [-0.25, -0.2) is 4.79 Å². The van der Waals surface area contributed by atoms with E-state index >= 15 is 0 Å². The lowest BCUT2D eigenvalue weighted by Crippen LogP contribution is -2.48. The summed E-state index contributed by atoms with van der Waals surface area (Å²) in [6.45, 7) is 25.4. The van der Waals surface area contributed by atoms with Crippen molar-refractivity contribution >= 4 is 5.97 Å². The van der Waals surface area contributed by atoms with Crippen LogP contribution in [0.2, 0.25) is 0 Å². The molecule has 0 rings (SSSR count). The SMILES string of the molecule is C=C(C)C(=O)OCC(OCCCCCCCCCC(C)(C)C)(OCCCCCCCCCC(C)(C)C)C(C)CCCCCCCC. The van der Waals surface area contributed by atoms with Crippen LogP contribution in [0.25, 0.3) is 0 Å². The van der Waals surface area contributed by atoms with Gasteiger partial charge in [0.25, 0.3) is 0 Å². The van der Waals surface area contributed by atoms with Gasteiger partial charge in [0.15, 0.2) is 0 Å². The first kappa shape index (κ1) is 45.1. The molecule has 0 aromatic heterocycles. The molecule has 0 aliphatic rings. The van der Waals surface area contributed by atoms with Crippen molar-refractivity contribution in [2.45, 2.75) is 216 Å². The Labute approximate surface area is 289 Å². The van der Waals surface area contributed by atoms with E-state index in [9.17, 15) is 4.79 Å². The third-order valence-corrected chi connectivity index (χ3v) is 9.33. The standard InChI is InChI=1S/C42H82O4/c1-11-12-13-14-21-26-31-38(4)42(36-44-39(43)37(2)3,45-34-29-24-19-15-17-22-27-32-40(5,6)7)46-35-30-25-20-16-18-23-28-33-41(8,9)10/h38H,2,11-36H2,1,3-10H3. The molecule has 0 aromatic rings. The smallest absolute Gasteiger partial charge is 0.333 e. The van der Waals surface area contributed by atoms with Crippen LogP contribution < -0.4 is 0 Å². The molecule has 0 radical (unpaired) electrons. The van der Waals surface area contributed by atoms with Gasteiger partial charge in [0.2, 0.25) is 5.79 Å². The van der Waals surface area contributed by atoms with E-state index in [2.05, 4.69) is 62.0 Å². The molecule has 0 aliphatic heterocycles. The Hall–Kier alpha value is -0.870. The third-order valence-electron chi connectivity index (χ3n) is 9.33. The zero-order chi connectivity index (χ0) is 34.7. The molecule has 0 aliphatic carbocycles. The fraction of sp³-hybridized carbons (Fsp3) is 0.929. The summed E-state index contributed by atoms with van der Waals surface area (Å²) in [7, 11) is 0. The van der Waals surface area contributed by atoms with Gasteiger partial charge in [0, 0.05) is 11.5 Å². The van der Waals surface area contributed by atoms with E-state index in [0.717, 1.165) is 25.7 Å². The summed E-state index contributed by atoms with van der Waals surface area (Å²) in [5.41, 5.74) is 1.31. The minimum atomic E-state index is -0.894. The molecule has 0 fully saturated rings. The first-order valence-electron chi connectivity index (χ1n) is 19.8. The molecule has 0 saturated carbocycles. The van der Waals surface area contributed by atoms with E-state index in [0.29, 0.717) is 29.6 Å². The molecule has 0 bridgehead atoms. The van der Waals surface area contributed by atoms with Crippen LogP contribution in [0.1, 0.15) is 210 Å². The van der Waals surface area contributed by atoms with Gasteiger partial charge in [-0.3, -0.25) is 0 Å². The molecule has 274 valence electrons. The zero-order valence-electron chi connectivity index (χ0n) is 32.8. The highest BCUT2D eigenvalue weighted by atomic mass is 16.7. The van der Waals surface area contributed by atoms with Gasteiger partial charge in [-0.2, -0.15) is 0 Å². The Balaban J connectivity index is 5.01. The maximum Gasteiger partial charge on any atom is 0.333 e. The number of carbonyl (C=O) groups is 1. The van der Waals surface area contributed by atoms with Crippen LogP contribution in [0.4, 0.5) is 0 Å². The highest BCUT2D eigenvalue weighted by Gasteiger charge is 2.40. The number of rotatable bonds is 31. The van der Waals surface area contributed by atoms with E-state index in [1.807, 2.05) is 0 Å². The van der Waals surface area contributed by atoms with Crippen LogP contribution in [0.3, 0.4) is 0 Å². The zero-order valence-corrected chi connectivity index (χ0v) is 32.8. The van der Waals surface area contributed by atoms with Crippen LogP contribution in [-0.4, -0.2) is 31.6 Å². The minimum absolute atomic E-state index is 0.136. The average molecular weight is 651 g/mol. The van der Waals surface area contributed by atoms with Crippen molar-refractivity contribution in [3.8, 4) is 0 Å². The maximum atomic E-state index is 12.5. The minimum Gasteiger partial charge on any atom is -0.457 e. The van der Waals surface area contributed by atoms with E-state index in [4.69, 9.17) is 14.2 Å². The van der Waals surface area contributed by atoms with E-state index in [1.54, 1.807) is 6.92 Å². The Bertz CT molecular complexity index is 695. The summed E-state index contributed by atoms with van der Waals surface area (Å²) in [6.07, 6.45) is 28.7. The molecular formula is C42H82O4. The first-order chi connectivity index (χ1) is 21.7. The lowest BCUT2D eigenvalue weighted by Gasteiger charge is -2.38. The number of hydrogen-bond acceptors (Lipinski definition) is 4. The Morgan fingerprint density at radius 1 is 0.587 bits per heavy atom. The van der Waals surface area contributed by atoms with Crippen molar-refractivity contribution < 1.29 is 19.0 Å². The van der Waals surface area contributed by atoms with Crippen molar-refractivity contribution in [3.05, 3.63) is 12.2 Å². The van der Waals surface area contributed by atoms with E-state index < -0.39 is 5.79 Å². The van der Waals surface area contributed by atoms with Gasteiger partial charge in [-0.15, -0.1) is 0 Å². The van der Waals surface area contributed by atoms with Gasteiger partial charge in [-0.05, 0) is 49.9 Å². The normalized spacial score (nSPS) is 13.2. The Morgan fingerprint density at radius 3 is 1.35 bits per heavy atom. The summed E-state index contributed by atoms with van der Waals surface area (Å²) in [4.78, 5) is 12.5. The predicted molar refractivity (Wildman–Crippen MR) is 200 cm³/mol. The van der Waals surface area contributed by atoms with Crippen molar-refractivity contribution in [2.75, 3.05) is 19.8 Å². The molecule has 46 heavy (non-hydrogen) atoms. The Morgan fingerprint density at radius 2 is 0.957 bits per heavy atom. The number of unbranched alkanes of at least 4 members (excludes halogenated alkanes) is 17. The molecule has 0 spiro atoms. The topological polar surface area (TPSA) is 44.8 Å². The fourth-order valence-electron chi connectivity index (χ4n) is 6.06. The number of esters is 1. The molecule has 1 unspecified atom stereocenters. The summed E-state index contributed by atoms with van der Waals surface area (Å²) in [6, 6.07) is 0.